The van der Waals surface area contributed by atoms with Crippen LogP contribution in [0.25, 0.3) is 5.69 Å². The largest absolute Gasteiger partial charge is 0.495 e. The molecule has 1 aromatic carbocycles. The first-order chi connectivity index (χ1) is 12.6. The van der Waals surface area contributed by atoms with Gasteiger partial charge in [-0.2, -0.15) is 4.98 Å². The highest BCUT2D eigenvalue weighted by Gasteiger charge is 2.19. The number of ether oxygens (including phenoxy) is 1. The molecule has 2 aromatic heterocycles. The number of methoxy groups -OCH3 is 1. The number of carbonyl (C=O) groups is 1. The third kappa shape index (κ3) is 3.79. The van der Waals surface area contributed by atoms with Crippen LogP contribution in [0.5, 0.6) is 5.75 Å². The fourth-order valence-corrected chi connectivity index (χ4v) is 2.40. The normalized spacial score (nSPS) is 11.8. The van der Waals surface area contributed by atoms with Gasteiger partial charge in [0.1, 0.15) is 24.4 Å². The van der Waals surface area contributed by atoms with Crippen molar-refractivity contribution in [3.63, 3.8) is 0 Å². The molecule has 0 saturated carbocycles. The standard InChI is InChI=1S/C16H19N7O3/c1-4-12(15-19-10(2)22-26-15)20-16(24)21-13-7-11(5-6-14(13)25-3)23-8-17-18-9-23/h5-9,12H,4H2,1-3H3,(H2,20,21,24)/t12-/m1/s1. The molecule has 2 N–H and O–H groups in total. The molecular weight excluding hydrogens is 338 g/mol. The summed E-state index contributed by atoms with van der Waals surface area (Å²) in [6.07, 6.45) is 3.74. The molecule has 0 saturated heterocycles. The predicted octanol–water partition coefficient (Wildman–Crippen LogP) is 2.24. The van der Waals surface area contributed by atoms with E-state index in [9.17, 15) is 4.79 Å². The first kappa shape index (κ1) is 17.4. The second kappa shape index (κ2) is 7.64. The Hall–Kier alpha value is -3.43. The number of nitrogens with one attached hydrogen (secondary N) is 2. The number of rotatable bonds is 6. The first-order valence-corrected chi connectivity index (χ1v) is 8.01. The van der Waals surface area contributed by atoms with Gasteiger partial charge >= 0.3 is 6.03 Å². The van der Waals surface area contributed by atoms with E-state index in [4.69, 9.17) is 9.26 Å². The van der Waals surface area contributed by atoms with Gasteiger partial charge in [-0.1, -0.05) is 12.1 Å². The maximum atomic E-state index is 12.4. The minimum absolute atomic E-state index is 0.366. The van der Waals surface area contributed by atoms with Crippen LogP contribution in [0.4, 0.5) is 10.5 Å². The second-order valence-electron chi connectivity index (χ2n) is 5.49. The molecular formula is C16H19N7O3. The highest BCUT2D eigenvalue weighted by Crippen LogP contribution is 2.27. The van der Waals surface area contributed by atoms with Crippen LogP contribution in [0.3, 0.4) is 0 Å². The van der Waals surface area contributed by atoms with Gasteiger partial charge in [0.15, 0.2) is 5.82 Å². The summed E-state index contributed by atoms with van der Waals surface area (Å²) in [6, 6.07) is 4.56. The van der Waals surface area contributed by atoms with Crippen molar-refractivity contribution in [1.29, 1.82) is 0 Å². The Balaban J connectivity index is 1.76. The predicted molar refractivity (Wildman–Crippen MR) is 92.1 cm³/mol. The number of amides is 2. The Morgan fingerprint density at radius 1 is 1.35 bits per heavy atom. The van der Waals surface area contributed by atoms with Gasteiger partial charge in [0.25, 0.3) is 0 Å². The molecule has 0 unspecified atom stereocenters. The van der Waals surface area contributed by atoms with Gasteiger partial charge in [-0.3, -0.25) is 4.57 Å². The molecule has 10 nitrogen and oxygen atoms in total. The molecule has 26 heavy (non-hydrogen) atoms. The molecule has 1 atom stereocenters. The van der Waals surface area contributed by atoms with Gasteiger partial charge in [-0.05, 0) is 31.5 Å². The minimum Gasteiger partial charge on any atom is -0.495 e. The molecule has 0 aliphatic rings. The zero-order chi connectivity index (χ0) is 18.5. The number of hydrogen-bond acceptors (Lipinski definition) is 7. The number of aromatic nitrogens is 5. The fourth-order valence-electron chi connectivity index (χ4n) is 2.40. The molecule has 3 aromatic rings. The lowest BCUT2D eigenvalue weighted by molar-refractivity contribution is 0.243. The fraction of sp³-hybridized carbons (Fsp3) is 0.312. The van der Waals surface area contributed by atoms with E-state index in [1.165, 1.54) is 7.11 Å². The van der Waals surface area contributed by atoms with Crippen molar-refractivity contribution in [3.8, 4) is 11.4 Å². The summed E-state index contributed by atoms with van der Waals surface area (Å²) in [4.78, 5) is 16.6. The summed E-state index contributed by atoms with van der Waals surface area (Å²) in [5, 5.41) is 16.9. The zero-order valence-corrected chi connectivity index (χ0v) is 14.6. The number of aryl methyl sites for hydroxylation is 1. The molecule has 0 aliphatic heterocycles. The Labute approximate surface area is 149 Å². The summed E-state index contributed by atoms with van der Waals surface area (Å²) in [6.45, 7) is 3.64. The van der Waals surface area contributed by atoms with Crippen molar-refractivity contribution in [3.05, 3.63) is 42.6 Å². The topological polar surface area (TPSA) is 120 Å². The van der Waals surface area contributed by atoms with Crippen LogP contribution < -0.4 is 15.4 Å². The quantitative estimate of drug-likeness (QED) is 0.694. The van der Waals surface area contributed by atoms with Crippen LogP contribution in [0.1, 0.15) is 31.1 Å². The van der Waals surface area contributed by atoms with Crippen molar-refractivity contribution in [2.75, 3.05) is 12.4 Å². The van der Waals surface area contributed by atoms with Gasteiger partial charge in [-0.25, -0.2) is 4.79 Å². The smallest absolute Gasteiger partial charge is 0.319 e. The molecule has 136 valence electrons. The summed E-state index contributed by atoms with van der Waals surface area (Å²) >= 11 is 0. The van der Waals surface area contributed by atoms with Gasteiger partial charge in [0.05, 0.1) is 18.5 Å². The van der Waals surface area contributed by atoms with Crippen LogP contribution in [0.15, 0.2) is 35.4 Å². The average molecular weight is 357 g/mol. The molecule has 3 rings (SSSR count). The zero-order valence-electron chi connectivity index (χ0n) is 14.6. The first-order valence-electron chi connectivity index (χ1n) is 8.01. The minimum atomic E-state index is -0.410. The van der Waals surface area contributed by atoms with Gasteiger partial charge < -0.3 is 19.9 Å². The molecule has 10 heteroatoms. The van der Waals surface area contributed by atoms with Crippen LogP contribution in [-0.4, -0.2) is 38.0 Å². The maximum Gasteiger partial charge on any atom is 0.319 e. The number of urea groups is 1. The summed E-state index contributed by atoms with van der Waals surface area (Å²) in [7, 11) is 1.53. The molecule has 0 radical (unpaired) electrons. The average Bonchev–Trinajstić information content (AvgIpc) is 3.31. The van der Waals surface area contributed by atoms with E-state index in [1.54, 1.807) is 36.3 Å². The monoisotopic (exact) mass is 357 g/mol. The number of anilines is 1. The van der Waals surface area contributed by atoms with Crippen LogP contribution in [0, 0.1) is 6.92 Å². The maximum absolute atomic E-state index is 12.4. The lowest BCUT2D eigenvalue weighted by Gasteiger charge is -2.16. The van der Waals surface area contributed by atoms with E-state index in [0.29, 0.717) is 29.6 Å². The van der Waals surface area contributed by atoms with E-state index in [1.807, 2.05) is 13.0 Å². The Kier molecular flexibility index (Phi) is 5.11. The van der Waals surface area contributed by atoms with Crippen molar-refractivity contribution in [1.82, 2.24) is 30.2 Å². The van der Waals surface area contributed by atoms with E-state index < -0.39 is 6.03 Å². The van der Waals surface area contributed by atoms with Crippen LogP contribution in [-0.2, 0) is 0 Å². The van der Waals surface area contributed by atoms with Gasteiger partial charge in [-0.15, -0.1) is 10.2 Å². The van der Waals surface area contributed by atoms with Crippen molar-refractivity contribution < 1.29 is 14.1 Å². The van der Waals surface area contributed by atoms with Crippen molar-refractivity contribution in [2.45, 2.75) is 26.3 Å². The van der Waals surface area contributed by atoms with Crippen LogP contribution in [0.2, 0.25) is 0 Å². The van der Waals surface area contributed by atoms with E-state index in [0.717, 1.165) is 5.69 Å². The molecule has 2 heterocycles. The highest BCUT2D eigenvalue weighted by atomic mass is 16.5. The van der Waals surface area contributed by atoms with Gasteiger partial charge in [0, 0.05) is 0 Å². The number of carbonyl (C=O) groups excluding carboxylic acids is 1. The molecule has 0 fully saturated rings. The second-order valence-corrected chi connectivity index (χ2v) is 5.49. The number of nitrogens with zero attached hydrogens (tertiary/aromatic N) is 5. The highest BCUT2D eigenvalue weighted by molar-refractivity contribution is 5.91. The van der Waals surface area contributed by atoms with Gasteiger partial charge in [0.2, 0.25) is 5.89 Å². The lowest BCUT2D eigenvalue weighted by atomic mass is 10.2. The van der Waals surface area contributed by atoms with Crippen molar-refractivity contribution in [2.24, 2.45) is 0 Å². The Morgan fingerprint density at radius 2 is 2.12 bits per heavy atom. The molecule has 2 amide bonds. The van der Waals surface area contributed by atoms with E-state index >= 15 is 0 Å². The van der Waals surface area contributed by atoms with Crippen molar-refractivity contribution >= 4 is 11.7 Å². The third-order valence-corrected chi connectivity index (χ3v) is 3.70. The number of benzene rings is 1. The molecule has 0 aliphatic carbocycles. The Morgan fingerprint density at radius 3 is 2.73 bits per heavy atom. The summed E-state index contributed by atoms with van der Waals surface area (Å²) in [5.74, 6) is 1.41. The summed E-state index contributed by atoms with van der Waals surface area (Å²) in [5.41, 5.74) is 1.29. The lowest BCUT2D eigenvalue weighted by Crippen LogP contribution is -2.32. The summed E-state index contributed by atoms with van der Waals surface area (Å²) < 4.78 is 12.2. The molecule has 0 bridgehead atoms. The van der Waals surface area contributed by atoms with E-state index in [-0.39, 0.29) is 6.04 Å². The number of hydrogen-bond donors (Lipinski definition) is 2. The third-order valence-electron chi connectivity index (χ3n) is 3.70. The molecule has 0 spiro atoms. The SMILES string of the molecule is CC[C@@H](NC(=O)Nc1cc(-n2cnnc2)ccc1OC)c1nc(C)no1. The Bertz CT molecular complexity index is 876. The van der Waals surface area contributed by atoms with Crippen LogP contribution >= 0.6 is 0 Å². The van der Waals surface area contributed by atoms with E-state index in [2.05, 4.69) is 31.0 Å².